The molecular formula is C34H49NO6S. The summed E-state index contributed by atoms with van der Waals surface area (Å²) in [6.07, 6.45) is 1.17. The van der Waals surface area contributed by atoms with Crippen LogP contribution in [0.2, 0.25) is 0 Å². The maximum atomic E-state index is 13.0. The first-order valence-electron chi connectivity index (χ1n) is 14.3. The Morgan fingerprint density at radius 2 is 1.57 bits per heavy atom. The lowest BCUT2D eigenvalue weighted by atomic mass is 9.69. The average Bonchev–Trinajstić information content (AvgIpc) is 2.88. The Kier molecular flexibility index (Phi) is 11.9. The van der Waals surface area contributed by atoms with Crippen molar-refractivity contribution >= 4 is 21.7 Å². The second-order valence-corrected chi connectivity index (χ2v) is 14.4. The molecule has 2 N–H and O–H groups in total. The van der Waals surface area contributed by atoms with Gasteiger partial charge in [-0.2, -0.15) is 8.42 Å². The summed E-state index contributed by atoms with van der Waals surface area (Å²) in [4.78, 5) is 12.8. The van der Waals surface area contributed by atoms with Crippen molar-refractivity contribution in [2.24, 2.45) is 16.7 Å². The molecule has 0 aliphatic heterocycles. The van der Waals surface area contributed by atoms with Crippen LogP contribution in [0.25, 0.3) is 0 Å². The summed E-state index contributed by atoms with van der Waals surface area (Å²) in [5, 5.41) is 2.77. The highest BCUT2D eigenvalue weighted by molar-refractivity contribution is 7.85. The van der Waals surface area contributed by atoms with Crippen molar-refractivity contribution in [3.05, 3.63) is 84.5 Å². The summed E-state index contributed by atoms with van der Waals surface area (Å²) in [6.45, 7) is 23.7. The van der Waals surface area contributed by atoms with Gasteiger partial charge in [0.25, 0.3) is 10.1 Å². The fraction of sp³-hybridized carbons (Fsp3) is 0.500. The van der Waals surface area contributed by atoms with E-state index in [0.717, 1.165) is 16.7 Å². The van der Waals surface area contributed by atoms with Crippen LogP contribution in [0.4, 0.5) is 5.69 Å². The third-order valence-corrected chi connectivity index (χ3v) is 9.29. The van der Waals surface area contributed by atoms with E-state index < -0.39 is 21.1 Å². The predicted molar refractivity (Wildman–Crippen MR) is 170 cm³/mol. The molecule has 0 heterocycles. The van der Waals surface area contributed by atoms with Crippen molar-refractivity contribution in [2.75, 3.05) is 19.0 Å². The number of benzene rings is 2. The van der Waals surface area contributed by atoms with Crippen molar-refractivity contribution in [1.29, 1.82) is 0 Å². The van der Waals surface area contributed by atoms with E-state index in [2.05, 4.69) is 53.1 Å². The monoisotopic (exact) mass is 599 g/mol. The molecule has 0 bridgehead atoms. The molecule has 2 rings (SSSR count). The highest BCUT2D eigenvalue weighted by Crippen LogP contribution is 2.46. The van der Waals surface area contributed by atoms with Crippen molar-refractivity contribution in [2.45, 2.75) is 84.3 Å². The van der Waals surface area contributed by atoms with Gasteiger partial charge in [0.2, 0.25) is 5.91 Å². The number of amides is 1. The molecule has 232 valence electrons. The zero-order valence-corrected chi connectivity index (χ0v) is 27.3. The summed E-state index contributed by atoms with van der Waals surface area (Å²) in [5.74, 6) is -0.312. The van der Waals surface area contributed by atoms with Crippen molar-refractivity contribution < 1.29 is 27.2 Å². The number of allylic oxidation sites excluding steroid dienone is 1. The summed E-state index contributed by atoms with van der Waals surface area (Å²) in [7, 11) is -2.69. The maximum absolute atomic E-state index is 13.0. The molecule has 2 aromatic rings. The minimum atomic E-state index is -4.38. The molecule has 1 amide bonds. The molecule has 0 fully saturated rings. The van der Waals surface area contributed by atoms with Crippen LogP contribution in [0.5, 0.6) is 0 Å². The van der Waals surface area contributed by atoms with Gasteiger partial charge in [0.15, 0.2) is 0 Å². The number of methoxy groups -OCH3 is 1. The van der Waals surface area contributed by atoms with Crippen LogP contribution < -0.4 is 5.32 Å². The van der Waals surface area contributed by atoms with E-state index in [-0.39, 0.29) is 34.7 Å². The molecule has 0 saturated carbocycles. The second-order valence-electron chi connectivity index (χ2n) is 13.0. The number of anilines is 1. The SMILES string of the molecule is C=C(CC(CCOC(C)(C)C(C)(C)C(=C)C(OC)c1ccccc1)CC(=O)Nc1cccc(S(=O)(=O)O)c1)C(C)(C)C. The van der Waals surface area contributed by atoms with E-state index in [0.29, 0.717) is 25.1 Å². The lowest BCUT2D eigenvalue weighted by Gasteiger charge is -2.45. The topological polar surface area (TPSA) is 102 Å². The van der Waals surface area contributed by atoms with Gasteiger partial charge in [-0.05, 0) is 67.4 Å². The Labute approximate surface area is 253 Å². The van der Waals surface area contributed by atoms with E-state index in [1.165, 1.54) is 18.2 Å². The number of ether oxygens (including phenoxy) is 2. The zero-order chi connectivity index (χ0) is 31.9. The van der Waals surface area contributed by atoms with Gasteiger partial charge in [-0.3, -0.25) is 9.35 Å². The number of hydrogen-bond acceptors (Lipinski definition) is 5. The highest BCUT2D eigenvalue weighted by atomic mass is 32.2. The maximum Gasteiger partial charge on any atom is 0.294 e. The molecule has 2 atom stereocenters. The van der Waals surface area contributed by atoms with E-state index >= 15 is 0 Å². The van der Waals surface area contributed by atoms with Crippen LogP contribution in [0.1, 0.15) is 79.4 Å². The van der Waals surface area contributed by atoms with Crippen LogP contribution in [-0.2, 0) is 24.4 Å². The molecule has 0 aliphatic rings. The van der Waals surface area contributed by atoms with Gasteiger partial charge in [-0.15, -0.1) is 0 Å². The third kappa shape index (κ3) is 9.63. The minimum Gasteiger partial charge on any atom is -0.375 e. The molecule has 2 unspecified atom stereocenters. The predicted octanol–water partition coefficient (Wildman–Crippen LogP) is 8.03. The van der Waals surface area contributed by atoms with Gasteiger partial charge in [-0.1, -0.05) is 89.7 Å². The normalized spacial score (nSPS) is 14.2. The van der Waals surface area contributed by atoms with Crippen LogP contribution in [0, 0.1) is 16.7 Å². The molecular weight excluding hydrogens is 550 g/mol. The Hall–Kier alpha value is -2.78. The van der Waals surface area contributed by atoms with E-state index in [1.807, 2.05) is 44.2 Å². The van der Waals surface area contributed by atoms with Crippen LogP contribution >= 0.6 is 0 Å². The van der Waals surface area contributed by atoms with Crippen LogP contribution in [0.15, 0.2) is 83.8 Å². The molecule has 7 nitrogen and oxygen atoms in total. The van der Waals surface area contributed by atoms with Gasteiger partial charge in [0, 0.05) is 31.2 Å². The number of hydrogen-bond donors (Lipinski definition) is 2. The van der Waals surface area contributed by atoms with Gasteiger partial charge < -0.3 is 14.8 Å². The van der Waals surface area contributed by atoms with E-state index in [4.69, 9.17) is 9.47 Å². The molecule has 2 aromatic carbocycles. The third-order valence-electron chi connectivity index (χ3n) is 8.44. The summed E-state index contributed by atoms with van der Waals surface area (Å²) >= 11 is 0. The fourth-order valence-electron chi connectivity index (χ4n) is 4.62. The molecule has 0 aromatic heterocycles. The number of carbonyl (C=O) groups is 1. The molecule has 0 radical (unpaired) electrons. The van der Waals surface area contributed by atoms with Gasteiger partial charge in [-0.25, -0.2) is 0 Å². The Morgan fingerprint density at radius 1 is 0.952 bits per heavy atom. The molecule has 0 aliphatic carbocycles. The molecule has 42 heavy (non-hydrogen) atoms. The molecule has 0 spiro atoms. The largest absolute Gasteiger partial charge is 0.375 e. The first-order valence-corrected chi connectivity index (χ1v) is 15.7. The zero-order valence-electron chi connectivity index (χ0n) is 26.5. The van der Waals surface area contributed by atoms with Gasteiger partial charge in [0.1, 0.15) is 6.10 Å². The Bertz CT molecular complexity index is 1340. The second kappa shape index (κ2) is 14.1. The van der Waals surface area contributed by atoms with Crippen LogP contribution in [0.3, 0.4) is 0 Å². The summed E-state index contributed by atoms with van der Waals surface area (Å²) in [6, 6.07) is 15.5. The summed E-state index contributed by atoms with van der Waals surface area (Å²) in [5.41, 5.74) is 2.10. The minimum absolute atomic E-state index is 0.0559. The Morgan fingerprint density at radius 3 is 2.12 bits per heavy atom. The number of rotatable bonds is 15. The molecule has 8 heteroatoms. The average molecular weight is 600 g/mol. The van der Waals surface area contributed by atoms with Crippen molar-refractivity contribution in [1.82, 2.24) is 0 Å². The standard InChI is InChI=1S/C34H49NO6S/c1-24(32(3,4)5)21-26(22-30(36)35-28-17-14-18-29(23-28)42(37,38)39)19-20-41-34(8,9)33(6,7)25(2)31(40-10)27-15-12-11-13-16-27/h11-18,23,26,31H,1-2,19-22H2,3-10H3,(H,35,36)(H,37,38,39). The van der Waals surface area contributed by atoms with E-state index in [9.17, 15) is 17.8 Å². The highest BCUT2D eigenvalue weighted by Gasteiger charge is 2.43. The quantitative estimate of drug-likeness (QED) is 0.159. The van der Waals surface area contributed by atoms with Crippen molar-refractivity contribution in [3.63, 3.8) is 0 Å². The first kappa shape index (κ1) is 35.4. The number of nitrogens with one attached hydrogen (secondary N) is 1. The number of carbonyl (C=O) groups excluding carboxylic acids is 1. The fourth-order valence-corrected chi connectivity index (χ4v) is 5.15. The molecule has 0 saturated heterocycles. The van der Waals surface area contributed by atoms with Crippen molar-refractivity contribution in [3.8, 4) is 0 Å². The van der Waals surface area contributed by atoms with Gasteiger partial charge >= 0.3 is 0 Å². The Balaban J connectivity index is 2.15. The lowest BCUT2D eigenvalue weighted by Crippen LogP contribution is -2.44. The van der Waals surface area contributed by atoms with E-state index in [1.54, 1.807) is 13.2 Å². The summed E-state index contributed by atoms with van der Waals surface area (Å²) < 4.78 is 44.8. The first-order chi connectivity index (χ1) is 19.3. The smallest absolute Gasteiger partial charge is 0.294 e. The van der Waals surface area contributed by atoms with Gasteiger partial charge in [0.05, 0.1) is 10.5 Å². The lowest BCUT2D eigenvalue weighted by molar-refractivity contribution is -0.117. The van der Waals surface area contributed by atoms with Crippen LogP contribution in [-0.4, -0.2) is 38.2 Å².